The van der Waals surface area contributed by atoms with E-state index in [0.29, 0.717) is 6.42 Å². The van der Waals surface area contributed by atoms with Gasteiger partial charge in [-0.1, -0.05) is 11.6 Å². The second kappa shape index (κ2) is 5.31. The molecule has 0 N–H and O–H groups in total. The van der Waals surface area contributed by atoms with E-state index in [1.165, 1.54) is 4.90 Å². The van der Waals surface area contributed by atoms with Gasteiger partial charge in [-0.25, -0.2) is 8.42 Å². The third kappa shape index (κ3) is 2.81. The fraction of sp³-hybridized carbons (Fsp3) is 0.400. The predicted molar refractivity (Wildman–Crippen MR) is 83.4 cm³/mol. The van der Waals surface area contributed by atoms with Crippen LogP contribution < -0.4 is 0 Å². The minimum Gasteiger partial charge on any atom is -0.336 e. The smallest absolute Gasteiger partial charge is 0.274 e. The molecule has 1 saturated heterocycles. The van der Waals surface area contributed by atoms with Crippen molar-refractivity contribution in [1.29, 1.82) is 0 Å². The molecule has 1 aromatic carbocycles. The molecule has 0 radical (unpaired) electrons. The van der Waals surface area contributed by atoms with Crippen LogP contribution in [0.2, 0.25) is 0 Å². The van der Waals surface area contributed by atoms with Crippen LogP contribution in [0.5, 0.6) is 0 Å². The first-order chi connectivity index (χ1) is 10.4. The van der Waals surface area contributed by atoms with E-state index in [2.05, 4.69) is 10.2 Å². The summed E-state index contributed by atoms with van der Waals surface area (Å²) in [4.78, 5) is 14.0. The molecular weight excluding hydrogens is 302 g/mol. The standard InChI is InChI=1S/C15H17N3O3S/c1-10-3-4-13-11(7-10)8-14(17-16-13)15(19)18(2)12-5-6-22(20,21)9-12/h3-4,7-8,12H,5-6,9H2,1-2H3. The number of amides is 1. The number of nitrogens with zero attached hydrogens (tertiary/aromatic N) is 3. The molecular formula is C15H17N3O3S. The normalized spacial score (nSPS) is 20.2. The minimum absolute atomic E-state index is 0.0232. The molecule has 0 bridgehead atoms. The predicted octanol–water partition coefficient (Wildman–Crippen LogP) is 1.20. The molecule has 22 heavy (non-hydrogen) atoms. The number of hydrogen-bond donors (Lipinski definition) is 0. The first kappa shape index (κ1) is 14.9. The first-order valence-electron chi connectivity index (χ1n) is 7.07. The number of rotatable bonds is 2. The zero-order chi connectivity index (χ0) is 15.9. The van der Waals surface area contributed by atoms with Gasteiger partial charge in [0, 0.05) is 18.5 Å². The Bertz CT molecular complexity index is 848. The minimum atomic E-state index is -3.03. The number of carbonyl (C=O) groups excluding carboxylic acids is 1. The highest BCUT2D eigenvalue weighted by Crippen LogP contribution is 2.19. The summed E-state index contributed by atoms with van der Waals surface area (Å²) in [5, 5.41) is 8.89. The number of sulfone groups is 1. The van der Waals surface area contributed by atoms with E-state index in [1.54, 1.807) is 13.1 Å². The Balaban J connectivity index is 1.88. The van der Waals surface area contributed by atoms with Crippen molar-refractivity contribution in [2.75, 3.05) is 18.6 Å². The molecule has 3 rings (SSSR count). The molecule has 0 saturated carbocycles. The number of carbonyl (C=O) groups is 1. The zero-order valence-corrected chi connectivity index (χ0v) is 13.3. The Kier molecular flexibility index (Phi) is 3.60. The Morgan fingerprint density at radius 2 is 2.05 bits per heavy atom. The monoisotopic (exact) mass is 319 g/mol. The average molecular weight is 319 g/mol. The lowest BCUT2D eigenvalue weighted by Gasteiger charge is -2.22. The van der Waals surface area contributed by atoms with Gasteiger partial charge in [-0.3, -0.25) is 4.79 Å². The number of fused-ring (bicyclic) bond motifs is 1. The van der Waals surface area contributed by atoms with Crippen molar-refractivity contribution in [1.82, 2.24) is 15.1 Å². The first-order valence-corrected chi connectivity index (χ1v) is 8.89. The lowest BCUT2D eigenvalue weighted by molar-refractivity contribution is 0.0741. The molecule has 1 aliphatic heterocycles. The molecule has 1 atom stereocenters. The van der Waals surface area contributed by atoms with Gasteiger partial charge in [0.2, 0.25) is 0 Å². The van der Waals surface area contributed by atoms with Crippen molar-refractivity contribution in [2.45, 2.75) is 19.4 Å². The van der Waals surface area contributed by atoms with Crippen LogP contribution in [0.1, 0.15) is 22.5 Å². The maximum atomic E-state index is 12.5. The van der Waals surface area contributed by atoms with E-state index in [4.69, 9.17) is 0 Å². The fourth-order valence-electron chi connectivity index (χ4n) is 2.70. The molecule has 1 fully saturated rings. The van der Waals surface area contributed by atoms with Crippen molar-refractivity contribution in [3.63, 3.8) is 0 Å². The van der Waals surface area contributed by atoms with Crippen LogP contribution in [0.3, 0.4) is 0 Å². The summed E-state index contributed by atoms with van der Waals surface area (Å²) in [6.45, 7) is 1.97. The van der Waals surface area contributed by atoms with Crippen LogP contribution in [0.15, 0.2) is 24.3 Å². The number of benzene rings is 1. The van der Waals surface area contributed by atoms with Crippen LogP contribution in [-0.4, -0.2) is 54.0 Å². The van der Waals surface area contributed by atoms with Crippen LogP contribution in [0, 0.1) is 6.92 Å². The van der Waals surface area contributed by atoms with E-state index in [1.807, 2.05) is 25.1 Å². The van der Waals surface area contributed by atoms with Gasteiger partial charge < -0.3 is 4.90 Å². The molecule has 0 aliphatic carbocycles. The lowest BCUT2D eigenvalue weighted by Crippen LogP contribution is -2.38. The van der Waals surface area contributed by atoms with Crippen molar-refractivity contribution in [3.8, 4) is 0 Å². The maximum absolute atomic E-state index is 12.5. The molecule has 1 aliphatic rings. The van der Waals surface area contributed by atoms with E-state index in [9.17, 15) is 13.2 Å². The quantitative estimate of drug-likeness (QED) is 0.831. The van der Waals surface area contributed by atoms with E-state index in [-0.39, 0.29) is 29.1 Å². The van der Waals surface area contributed by atoms with Gasteiger partial charge in [0.15, 0.2) is 15.5 Å². The number of aryl methyl sites for hydroxylation is 1. The summed E-state index contributed by atoms with van der Waals surface area (Å²) in [6.07, 6.45) is 0.477. The second-order valence-corrected chi connectivity index (χ2v) is 7.99. The lowest BCUT2D eigenvalue weighted by atomic mass is 10.1. The Morgan fingerprint density at radius 1 is 1.27 bits per heavy atom. The van der Waals surface area contributed by atoms with E-state index >= 15 is 0 Å². The van der Waals surface area contributed by atoms with Gasteiger partial charge in [0.05, 0.1) is 17.0 Å². The van der Waals surface area contributed by atoms with E-state index < -0.39 is 9.84 Å². The second-order valence-electron chi connectivity index (χ2n) is 5.76. The molecule has 7 heteroatoms. The topological polar surface area (TPSA) is 80.2 Å². The third-order valence-corrected chi connectivity index (χ3v) is 5.79. The summed E-state index contributed by atoms with van der Waals surface area (Å²) in [7, 11) is -1.41. The van der Waals surface area contributed by atoms with Gasteiger partial charge >= 0.3 is 0 Å². The highest BCUT2D eigenvalue weighted by Gasteiger charge is 2.33. The fourth-order valence-corrected chi connectivity index (χ4v) is 4.47. The summed E-state index contributed by atoms with van der Waals surface area (Å²) < 4.78 is 23.1. The molecule has 0 spiro atoms. The van der Waals surface area contributed by atoms with Gasteiger partial charge in [0.1, 0.15) is 0 Å². The van der Waals surface area contributed by atoms with Crippen LogP contribution >= 0.6 is 0 Å². The van der Waals surface area contributed by atoms with Gasteiger partial charge in [0.25, 0.3) is 5.91 Å². The molecule has 2 heterocycles. The Labute approximate surface area is 129 Å². The van der Waals surface area contributed by atoms with Crippen molar-refractivity contribution >= 4 is 26.6 Å². The van der Waals surface area contributed by atoms with Crippen LogP contribution in [0.25, 0.3) is 10.9 Å². The van der Waals surface area contributed by atoms with Crippen LogP contribution in [-0.2, 0) is 9.84 Å². The Morgan fingerprint density at radius 3 is 2.73 bits per heavy atom. The summed E-state index contributed by atoms with van der Waals surface area (Å²) in [6, 6.07) is 7.17. The number of aromatic nitrogens is 2. The summed E-state index contributed by atoms with van der Waals surface area (Å²) in [5.41, 5.74) is 2.05. The van der Waals surface area contributed by atoms with Crippen LogP contribution in [0.4, 0.5) is 0 Å². The number of hydrogen-bond acceptors (Lipinski definition) is 5. The highest BCUT2D eigenvalue weighted by atomic mass is 32.2. The highest BCUT2D eigenvalue weighted by molar-refractivity contribution is 7.91. The van der Waals surface area contributed by atoms with Crippen molar-refractivity contribution in [3.05, 3.63) is 35.5 Å². The molecule has 1 amide bonds. The van der Waals surface area contributed by atoms with Gasteiger partial charge in [-0.15, -0.1) is 10.2 Å². The van der Waals surface area contributed by atoms with E-state index in [0.717, 1.165) is 16.5 Å². The average Bonchev–Trinajstić information content (AvgIpc) is 2.85. The molecule has 116 valence electrons. The van der Waals surface area contributed by atoms with Crippen molar-refractivity contribution in [2.24, 2.45) is 0 Å². The molecule has 1 aromatic heterocycles. The summed E-state index contributed by atoms with van der Waals surface area (Å²) >= 11 is 0. The molecule has 2 aromatic rings. The van der Waals surface area contributed by atoms with Crippen molar-refractivity contribution < 1.29 is 13.2 Å². The third-order valence-electron chi connectivity index (χ3n) is 4.04. The SMILES string of the molecule is Cc1ccc2nnc(C(=O)N(C)C3CCS(=O)(=O)C3)cc2c1. The molecule has 6 nitrogen and oxygen atoms in total. The maximum Gasteiger partial charge on any atom is 0.274 e. The largest absolute Gasteiger partial charge is 0.336 e. The van der Waals surface area contributed by atoms with Gasteiger partial charge in [-0.2, -0.15) is 0 Å². The zero-order valence-electron chi connectivity index (χ0n) is 12.5. The van der Waals surface area contributed by atoms with Gasteiger partial charge in [-0.05, 0) is 31.5 Å². The Hall–Kier alpha value is -2.02. The summed E-state index contributed by atoms with van der Waals surface area (Å²) in [5.74, 6) is -0.134. The molecule has 1 unspecified atom stereocenters.